The van der Waals surface area contributed by atoms with E-state index < -0.39 is 17.3 Å². The Kier molecular flexibility index (Phi) is 5.99. The summed E-state index contributed by atoms with van der Waals surface area (Å²) in [6.07, 6.45) is 3.26. The SMILES string of the molecule is CN1CCC(CCNC(=O)C(C(=O)O)C(C)(C)C)CC1. The van der Waals surface area contributed by atoms with Crippen molar-refractivity contribution in [3.63, 3.8) is 0 Å². The maximum absolute atomic E-state index is 12.0. The zero-order valence-electron chi connectivity index (χ0n) is 13.1. The summed E-state index contributed by atoms with van der Waals surface area (Å²) >= 11 is 0. The molecule has 5 heteroatoms. The van der Waals surface area contributed by atoms with Crippen LogP contribution < -0.4 is 5.32 Å². The van der Waals surface area contributed by atoms with Crippen LogP contribution in [-0.2, 0) is 9.59 Å². The Balaban J connectivity index is 2.37. The first-order valence-electron chi connectivity index (χ1n) is 7.41. The molecule has 1 saturated heterocycles. The Bertz CT molecular complexity index is 342. The average Bonchev–Trinajstić information content (AvgIpc) is 2.29. The minimum absolute atomic E-state index is 0.363. The molecule has 20 heavy (non-hydrogen) atoms. The van der Waals surface area contributed by atoms with Crippen LogP contribution in [-0.4, -0.2) is 48.6 Å². The van der Waals surface area contributed by atoms with Gasteiger partial charge in [0.2, 0.25) is 5.91 Å². The van der Waals surface area contributed by atoms with Gasteiger partial charge in [0.25, 0.3) is 0 Å². The fraction of sp³-hybridized carbons (Fsp3) is 0.867. The maximum Gasteiger partial charge on any atom is 0.316 e. The van der Waals surface area contributed by atoms with Crippen LogP contribution in [0.1, 0.15) is 40.0 Å². The number of carboxylic acids is 1. The van der Waals surface area contributed by atoms with Crippen LogP contribution in [0, 0.1) is 17.3 Å². The number of amides is 1. The Labute approximate surface area is 121 Å². The Morgan fingerprint density at radius 3 is 2.30 bits per heavy atom. The third-order valence-corrected chi connectivity index (χ3v) is 4.07. The number of hydrogen-bond acceptors (Lipinski definition) is 3. The average molecular weight is 284 g/mol. The van der Waals surface area contributed by atoms with Crippen LogP contribution >= 0.6 is 0 Å². The number of hydrogen-bond donors (Lipinski definition) is 2. The van der Waals surface area contributed by atoms with Gasteiger partial charge in [-0.1, -0.05) is 20.8 Å². The normalized spacial score (nSPS) is 19.6. The third-order valence-electron chi connectivity index (χ3n) is 4.07. The van der Waals surface area contributed by atoms with E-state index in [0.717, 1.165) is 32.4 Å². The smallest absolute Gasteiger partial charge is 0.316 e. The molecule has 1 aliphatic rings. The zero-order valence-corrected chi connectivity index (χ0v) is 13.1. The molecule has 0 aromatic heterocycles. The lowest BCUT2D eigenvalue weighted by Crippen LogP contribution is -2.43. The maximum atomic E-state index is 12.0. The largest absolute Gasteiger partial charge is 0.481 e. The highest BCUT2D eigenvalue weighted by Gasteiger charge is 2.37. The number of rotatable bonds is 5. The summed E-state index contributed by atoms with van der Waals surface area (Å²) in [4.78, 5) is 25.6. The highest BCUT2D eigenvalue weighted by atomic mass is 16.4. The number of piperidine rings is 1. The van der Waals surface area contributed by atoms with Gasteiger partial charge >= 0.3 is 5.97 Å². The molecule has 2 N–H and O–H groups in total. The molecule has 5 nitrogen and oxygen atoms in total. The van der Waals surface area contributed by atoms with E-state index in [1.165, 1.54) is 0 Å². The van der Waals surface area contributed by atoms with Gasteiger partial charge in [0.1, 0.15) is 5.92 Å². The predicted octanol–water partition coefficient (Wildman–Crippen LogP) is 1.58. The van der Waals surface area contributed by atoms with E-state index in [1.54, 1.807) is 20.8 Å². The van der Waals surface area contributed by atoms with Gasteiger partial charge < -0.3 is 15.3 Å². The molecule has 1 rings (SSSR count). The molecular weight excluding hydrogens is 256 g/mol. The fourth-order valence-corrected chi connectivity index (χ4v) is 2.73. The van der Waals surface area contributed by atoms with Crippen LogP contribution in [0.15, 0.2) is 0 Å². The molecule has 0 radical (unpaired) electrons. The molecule has 1 amide bonds. The van der Waals surface area contributed by atoms with E-state index in [9.17, 15) is 14.7 Å². The van der Waals surface area contributed by atoms with E-state index in [1.807, 2.05) is 0 Å². The number of aliphatic carboxylic acids is 1. The van der Waals surface area contributed by atoms with Gasteiger partial charge in [0, 0.05) is 6.54 Å². The number of carboxylic acid groups (broad SMARTS) is 1. The quantitative estimate of drug-likeness (QED) is 0.752. The predicted molar refractivity (Wildman–Crippen MR) is 78.4 cm³/mol. The van der Waals surface area contributed by atoms with Crippen molar-refractivity contribution in [2.75, 3.05) is 26.7 Å². The number of nitrogens with one attached hydrogen (secondary N) is 1. The van der Waals surface area contributed by atoms with E-state index in [4.69, 9.17) is 0 Å². The summed E-state index contributed by atoms with van der Waals surface area (Å²) in [6, 6.07) is 0. The summed E-state index contributed by atoms with van der Waals surface area (Å²) < 4.78 is 0. The molecule has 1 atom stereocenters. The summed E-state index contributed by atoms with van der Waals surface area (Å²) in [5.41, 5.74) is -0.566. The number of carbonyl (C=O) groups is 2. The minimum atomic E-state index is -1.05. The third kappa shape index (κ3) is 5.12. The number of nitrogens with zero attached hydrogens (tertiary/aromatic N) is 1. The lowest BCUT2D eigenvalue weighted by Gasteiger charge is -2.29. The second-order valence-electron chi connectivity index (χ2n) is 6.96. The van der Waals surface area contributed by atoms with Crippen molar-refractivity contribution < 1.29 is 14.7 Å². The highest BCUT2D eigenvalue weighted by Crippen LogP contribution is 2.26. The summed E-state index contributed by atoms with van der Waals surface area (Å²) in [7, 11) is 2.12. The van der Waals surface area contributed by atoms with E-state index in [0.29, 0.717) is 12.5 Å². The highest BCUT2D eigenvalue weighted by molar-refractivity contribution is 5.97. The van der Waals surface area contributed by atoms with Gasteiger partial charge in [-0.15, -0.1) is 0 Å². The Hall–Kier alpha value is -1.10. The molecule has 1 heterocycles. The van der Waals surface area contributed by atoms with Crippen molar-refractivity contribution >= 4 is 11.9 Å². The van der Waals surface area contributed by atoms with Crippen LogP contribution in [0.25, 0.3) is 0 Å². The molecule has 0 bridgehead atoms. The molecule has 0 aliphatic carbocycles. The Morgan fingerprint density at radius 1 is 1.30 bits per heavy atom. The molecule has 116 valence electrons. The molecule has 0 aromatic rings. The van der Waals surface area contributed by atoms with Crippen molar-refractivity contribution in [3.05, 3.63) is 0 Å². The molecule has 1 aliphatic heterocycles. The zero-order chi connectivity index (χ0) is 15.3. The van der Waals surface area contributed by atoms with Crippen LogP contribution in [0.3, 0.4) is 0 Å². The van der Waals surface area contributed by atoms with E-state index in [2.05, 4.69) is 17.3 Å². The summed E-state index contributed by atoms with van der Waals surface area (Å²) in [6.45, 7) is 8.14. The summed E-state index contributed by atoms with van der Waals surface area (Å²) in [5.74, 6) is -1.75. The first kappa shape index (κ1) is 17.0. The minimum Gasteiger partial charge on any atom is -0.481 e. The van der Waals surface area contributed by atoms with Gasteiger partial charge in [-0.25, -0.2) is 0 Å². The van der Waals surface area contributed by atoms with Crippen molar-refractivity contribution in [1.29, 1.82) is 0 Å². The van der Waals surface area contributed by atoms with Gasteiger partial charge in [0.05, 0.1) is 0 Å². The summed E-state index contributed by atoms with van der Waals surface area (Å²) in [5, 5.41) is 12.0. The van der Waals surface area contributed by atoms with Gasteiger partial charge in [0.15, 0.2) is 0 Å². The molecule has 0 spiro atoms. The second-order valence-corrected chi connectivity index (χ2v) is 6.96. The van der Waals surface area contributed by atoms with E-state index >= 15 is 0 Å². The van der Waals surface area contributed by atoms with Crippen LogP contribution in [0.2, 0.25) is 0 Å². The number of likely N-dealkylation sites (tertiary alicyclic amines) is 1. The van der Waals surface area contributed by atoms with Crippen LogP contribution in [0.4, 0.5) is 0 Å². The van der Waals surface area contributed by atoms with Crippen LogP contribution in [0.5, 0.6) is 0 Å². The van der Waals surface area contributed by atoms with Crippen molar-refractivity contribution in [1.82, 2.24) is 10.2 Å². The first-order chi connectivity index (χ1) is 9.21. The molecule has 0 aromatic carbocycles. The Morgan fingerprint density at radius 2 is 1.85 bits per heavy atom. The van der Waals surface area contributed by atoms with E-state index in [-0.39, 0.29) is 5.91 Å². The first-order valence-corrected chi connectivity index (χ1v) is 7.41. The van der Waals surface area contributed by atoms with Gasteiger partial charge in [-0.3, -0.25) is 9.59 Å². The van der Waals surface area contributed by atoms with Crippen molar-refractivity contribution in [3.8, 4) is 0 Å². The lowest BCUT2D eigenvalue weighted by molar-refractivity contribution is -0.151. The molecule has 1 fully saturated rings. The second kappa shape index (κ2) is 7.07. The molecular formula is C15H28N2O3. The number of carbonyl (C=O) groups excluding carboxylic acids is 1. The van der Waals surface area contributed by atoms with Gasteiger partial charge in [-0.2, -0.15) is 0 Å². The molecule has 0 saturated carbocycles. The topological polar surface area (TPSA) is 69.6 Å². The fourth-order valence-electron chi connectivity index (χ4n) is 2.73. The van der Waals surface area contributed by atoms with Crippen molar-refractivity contribution in [2.45, 2.75) is 40.0 Å². The van der Waals surface area contributed by atoms with Crippen molar-refractivity contribution in [2.24, 2.45) is 17.3 Å². The monoisotopic (exact) mass is 284 g/mol. The lowest BCUT2D eigenvalue weighted by atomic mass is 9.80. The standard InChI is InChI=1S/C15H28N2O3/c1-15(2,3)12(14(19)20)13(18)16-8-5-11-6-9-17(4)10-7-11/h11-12H,5-10H2,1-4H3,(H,16,18)(H,19,20). The molecule has 1 unspecified atom stereocenters. The van der Waals surface area contributed by atoms with Gasteiger partial charge in [-0.05, 0) is 50.7 Å².